The molecule has 0 N–H and O–H groups in total. The lowest BCUT2D eigenvalue weighted by Gasteiger charge is -2.04. The van der Waals surface area contributed by atoms with E-state index in [1.807, 2.05) is 0 Å². The second-order valence-electron chi connectivity index (χ2n) is 11.1. The fourth-order valence-electron chi connectivity index (χ4n) is 5.13. The SMILES string of the molecule is CCCCCCCCCCCCCCCCCCCCC[CH]CCCCCCCCCCCF. The van der Waals surface area contributed by atoms with Crippen LogP contribution in [-0.4, -0.2) is 6.67 Å². The van der Waals surface area contributed by atoms with Crippen LogP contribution in [0.5, 0.6) is 0 Å². The molecule has 0 nitrogen and oxygen atoms in total. The summed E-state index contributed by atoms with van der Waals surface area (Å²) in [6.07, 6.45) is 44.3. The Morgan fingerprint density at radius 2 is 0.559 bits per heavy atom. The topological polar surface area (TPSA) is 0 Å². The van der Waals surface area contributed by atoms with Crippen molar-refractivity contribution in [3.05, 3.63) is 6.42 Å². The van der Waals surface area contributed by atoms with Crippen molar-refractivity contribution in [3.63, 3.8) is 0 Å². The molecule has 0 fully saturated rings. The van der Waals surface area contributed by atoms with Crippen molar-refractivity contribution < 1.29 is 4.39 Å². The van der Waals surface area contributed by atoms with Gasteiger partial charge in [0.05, 0.1) is 6.67 Å². The maximum absolute atomic E-state index is 12.0. The van der Waals surface area contributed by atoms with Crippen LogP contribution in [0.1, 0.15) is 200 Å². The van der Waals surface area contributed by atoms with Crippen LogP contribution in [0.25, 0.3) is 0 Å². The molecule has 0 spiro atoms. The molecule has 1 radical (unpaired) electrons. The molecule has 0 bridgehead atoms. The second kappa shape index (κ2) is 32.9. The zero-order chi connectivity index (χ0) is 24.6. The summed E-state index contributed by atoms with van der Waals surface area (Å²) in [5.74, 6) is 0. The summed E-state index contributed by atoms with van der Waals surface area (Å²) in [4.78, 5) is 0. The molecule has 0 rings (SSSR count). The molecule has 0 aliphatic carbocycles. The first-order chi connectivity index (χ1) is 16.9. The zero-order valence-corrected chi connectivity index (χ0v) is 23.9. The van der Waals surface area contributed by atoms with Crippen molar-refractivity contribution in [2.45, 2.75) is 200 Å². The van der Waals surface area contributed by atoms with Gasteiger partial charge < -0.3 is 0 Å². The highest BCUT2D eigenvalue weighted by atomic mass is 19.1. The van der Waals surface area contributed by atoms with Crippen molar-refractivity contribution in [2.75, 3.05) is 6.67 Å². The highest BCUT2D eigenvalue weighted by molar-refractivity contribution is 4.64. The van der Waals surface area contributed by atoms with Crippen LogP contribution < -0.4 is 0 Å². The predicted octanol–water partition coefficient (Wildman–Crippen LogP) is 12.9. The monoisotopic (exact) mass is 482 g/mol. The highest BCUT2D eigenvalue weighted by Gasteiger charge is 1.97. The standard InChI is InChI=1S/C33H66F/c1-2-3-4-5-6-7-8-9-10-11-12-13-14-15-16-17-18-19-20-21-22-23-24-25-26-27-28-29-30-31-32-33-34/h22H,2-21,23-33H2,1H3. The summed E-state index contributed by atoms with van der Waals surface area (Å²) in [5, 5.41) is 0. The van der Waals surface area contributed by atoms with E-state index in [1.165, 1.54) is 180 Å². The van der Waals surface area contributed by atoms with Crippen LogP contribution in [0.2, 0.25) is 0 Å². The van der Waals surface area contributed by atoms with Gasteiger partial charge in [0, 0.05) is 0 Å². The van der Waals surface area contributed by atoms with E-state index in [-0.39, 0.29) is 6.67 Å². The lowest BCUT2D eigenvalue weighted by Crippen LogP contribution is -1.85. The minimum Gasteiger partial charge on any atom is -0.251 e. The maximum Gasteiger partial charge on any atom is 0.0894 e. The van der Waals surface area contributed by atoms with Gasteiger partial charge in [-0.2, -0.15) is 0 Å². The first kappa shape index (κ1) is 33.9. The Hall–Kier alpha value is -0.0700. The summed E-state index contributed by atoms with van der Waals surface area (Å²) >= 11 is 0. The third-order valence-corrected chi connectivity index (χ3v) is 7.55. The van der Waals surface area contributed by atoms with Crippen molar-refractivity contribution in [1.29, 1.82) is 0 Å². The predicted molar refractivity (Wildman–Crippen MR) is 154 cm³/mol. The van der Waals surface area contributed by atoms with Crippen LogP contribution in [0.3, 0.4) is 0 Å². The molecule has 1 heteroatoms. The number of halogens is 1. The first-order valence-electron chi connectivity index (χ1n) is 16.3. The molecule has 0 aliphatic rings. The summed E-state index contributed by atoms with van der Waals surface area (Å²) in [5.41, 5.74) is 0. The fraction of sp³-hybridized carbons (Fsp3) is 0.970. The normalized spacial score (nSPS) is 11.5. The van der Waals surface area contributed by atoms with E-state index in [0.29, 0.717) is 0 Å². The first-order valence-corrected chi connectivity index (χ1v) is 16.3. The van der Waals surface area contributed by atoms with Gasteiger partial charge in [-0.25, -0.2) is 0 Å². The van der Waals surface area contributed by atoms with Crippen LogP contribution in [0.4, 0.5) is 4.39 Å². The Kier molecular flexibility index (Phi) is 32.9. The number of hydrogen-bond donors (Lipinski definition) is 0. The third kappa shape index (κ3) is 31.9. The lowest BCUT2D eigenvalue weighted by atomic mass is 10.0. The van der Waals surface area contributed by atoms with Crippen molar-refractivity contribution in [1.82, 2.24) is 0 Å². The maximum atomic E-state index is 12.0. The molecule has 0 unspecified atom stereocenters. The van der Waals surface area contributed by atoms with E-state index in [1.54, 1.807) is 0 Å². The average molecular weight is 482 g/mol. The van der Waals surface area contributed by atoms with Gasteiger partial charge in [0.25, 0.3) is 0 Å². The number of alkyl halides is 1. The van der Waals surface area contributed by atoms with Gasteiger partial charge in [-0.1, -0.05) is 193 Å². The van der Waals surface area contributed by atoms with E-state index < -0.39 is 0 Å². The molecule has 0 aromatic carbocycles. The van der Waals surface area contributed by atoms with Gasteiger partial charge in [-0.15, -0.1) is 0 Å². The van der Waals surface area contributed by atoms with Crippen molar-refractivity contribution >= 4 is 0 Å². The van der Waals surface area contributed by atoms with Gasteiger partial charge in [0.15, 0.2) is 0 Å². The van der Waals surface area contributed by atoms with E-state index >= 15 is 0 Å². The molecular weight excluding hydrogens is 415 g/mol. The lowest BCUT2D eigenvalue weighted by molar-refractivity contribution is 0.449. The van der Waals surface area contributed by atoms with Gasteiger partial charge in [-0.3, -0.25) is 4.39 Å². The summed E-state index contributed by atoms with van der Waals surface area (Å²) in [7, 11) is 0. The van der Waals surface area contributed by atoms with Crippen LogP contribution in [-0.2, 0) is 0 Å². The average Bonchev–Trinajstić information content (AvgIpc) is 2.85. The molecule has 34 heavy (non-hydrogen) atoms. The molecule has 0 saturated heterocycles. The minimum atomic E-state index is -0.129. The number of hydrogen-bond acceptors (Lipinski definition) is 0. The largest absolute Gasteiger partial charge is 0.251 e. The Morgan fingerprint density at radius 3 is 0.824 bits per heavy atom. The molecule has 0 atom stereocenters. The molecule has 0 saturated carbocycles. The van der Waals surface area contributed by atoms with Gasteiger partial charge in [0.1, 0.15) is 0 Å². The number of rotatable bonds is 31. The van der Waals surface area contributed by atoms with Crippen LogP contribution in [0.15, 0.2) is 0 Å². The van der Waals surface area contributed by atoms with Gasteiger partial charge in [0.2, 0.25) is 0 Å². The quantitative estimate of drug-likeness (QED) is 0.0863. The van der Waals surface area contributed by atoms with Crippen molar-refractivity contribution in [2.24, 2.45) is 0 Å². The fourth-order valence-corrected chi connectivity index (χ4v) is 5.13. The zero-order valence-electron chi connectivity index (χ0n) is 23.9. The van der Waals surface area contributed by atoms with E-state index in [0.717, 1.165) is 12.8 Å². The highest BCUT2D eigenvalue weighted by Crippen LogP contribution is 2.16. The Bertz CT molecular complexity index is 295. The van der Waals surface area contributed by atoms with Crippen molar-refractivity contribution in [3.8, 4) is 0 Å². The third-order valence-electron chi connectivity index (χ3n) is 7.55. The summed E-state index contributed by atoms with van der Waals surface area (Å²) in [6, 6.07) is 0. The smallest absolute Gasteiger partial charge is 0.0894 e. The van der Waals surface area contributed by atoms with Gasteiger partial charge in [-0.05, 0) is 12.8 Å². The summed E-state index contributed by atoms with van der Waals surface area (Å²) < 4.78 is 12.0. The Morgan fingerprint density at radius 1 is 0.324 bits per heavy atom. The van der Waals surface area contributed by atoms with E-state index in [2.05, 4.69) is 13.3 Å². The molecule has 0 aromatic heterocycles. The minimum absolute atomic E-state index is 0.129. The molecule has 0 aliphatic heterocycles. The number of unbranched alkanes of at least 4 members (excludes halogenated alkanes) is 30. The van der Waals surface area contributed by atoms with Crippen LogP contribution in [0, 0.1) is 6.42 Å². The van der Waals surface area contributed by atoms with E-state index in [9.17, 15) is 4.39 Å². The Labute approximate surface area is 217 Å². The molecule has 0 aromatic rings. The van der Waals surface area contributed by atoms with Gasteiger partial charge >= 0.3 is 0 Å². The molecule has 205 valence electrons. The second-order valence-corrected chi connectivity index (χ2v) is 11.1. The van der Waals surface area contributed by atoms with E-state index in [4.69, 9.17) is 0 Å². The Balaban J connectivity index is 2.99. The molecule has 0 amide bonds. The van der Waals surface area contributed by atoms with Crippen LogP contribution >= 0.6 is 0 Å². The molecule has 0 heterocycles. The molecular formula is C33H66F. The summed E-state index contributed by atoms with van der Waals surface area (Å²) in [6.45, 7) is 2.17.